The summed E-state index contributed by atoms with van der Waals surface area (Å²) in [5.41, 5.74) is 7.52. The monoisotopic (exact) mass is 276 g/mol. The quantitative estimate of drug-likeness (QED) is 0.932. The van der Waals surface area contributed by atoms with Gasteiger partial charge in [-0.1, -0.05) is 0 Å². The zero-order valence-electron chi connectivity index (χ0n) is 11.8. The summed E-state index contributed by atoms with van der Waals surface area (Å²) in [6, 6.07) is 4.96. The molecular formula is C15H21FN4. The number of benzene rings is 1. The van der Waals surface area contributed by atoms with E-state index in [-0.39, 0.29) is 11.9 Å². The normalized spacial score (nSPS) is 17.9. The van der Waals surface area contributed by atoms with Gasteiger partial charge in [-0.3, -0.25) is 4.90 Å². The van der Waals surface area contributed by atoms with Crippen LogP contribution in [-0.2, 0) is 6.54 Å². The van der Waals surface area contributed by atoms with Crippen LogP contribution in [0.15, 0.2) is 18.2 Å². The summed E-state index contributed by atoms with van der Waals surface area (Å²) in [5.74, 6) is 0.751. The third-order valence-corrected chi connectivity index (χ3v) is 4.07. The molecule has 1 aliphatic heterocycles. The van der Waals surface area contributed by atoms with Crippen molar-refractivity contribution >= 4 is 11.0 Å². The van der Waals surface area contributed by atoms with Crippen molar-refractivity contribution in [3.05, 3.63) is 29.8 Å². The van der Waals surface area contributed by atoms with Crippen LogP contribution in [0.3, 0.4) is 0 Å². The summed E-state index contributed by atoms with van der Waals surface area (Å²) in [7, 11) is 0. The lowest BCUT2D eigenvalue weighted by Gasteiger charge is -2.19. The molecule has 0 bridgehead atoms. The molecule has 0 aliphatic carbocycles. The second-order valence-corrected chi connectivity index (χ2v) is 5.60. The highest BCUT2D eigenvalue weighted by molar-refractivity contribution is 5.76. The summed E-state index contributed by atoms with van der Waals surface area (Å²) in [4.78, 5) is 7.03. The second-order valence-electron chi connectivity index (χ2n) is 5.60. The Morgan fingerprint density at radius 2 is 2.10 bits per heavy atom. The van der Waals surface area contributed by atoms with E-state index in [1.54, 1.807) is 6.07 Å². The molecule has 2 N–H and O–H groups in total. The summed E-state index contributed by atoms with van der Waals surface area (Å²) >= 11 is 0. The first kappa shape index (κ1) is 13.5. The van der Waals surface area contributed by atoms with Gasteiger partial charge in [-0.2, -0.15) is 0 Å². The van der Waals surface area contributed by atoms with E-state index in [1.807, 2.05) is 0 Å². The number of nitrogens with zero attached hydrogens (tertiary/aromatic N) is 3. The third kappa shape index (κ3) is 2.43. The molecule has 1 saturated heterocycles. The van der Waals surface area contributed by atoms with Crippen molar-refractivity contribution in [2.24, 2.45) is 5.73 Å². The van der Waals surface area contributed by atoms with E-state index >= 15 is 0 Å². The first-order valence-electron chi connectivity index (χ1n) is 7.28. The van der Waals surface area contributed by atoms with E-state index in [2.05, 4.69) is 21.4 Å². The maximum absolute atomic E-state index is 13.4. The van der Waals surface area contributed by atoms with Crippen LogP contribution in [0, 0.1) is 5.82 Å². The van der Waals surface area contributed by atoms with E-state index in [9.17, 15) is 4.39 Å². The molecule has 1 fully saturated rings. The highest BCUT2D eigenvalue weighted by atomic mass is 19.1. The van der Waals surface area contributed by atoms with Crippen LogP contribution in [0.25, 0.3) is 11.0 Å². The maximum atomic E-state index is 13.4. The smallest absolute Gasteiger partial charge is 0.125 e. The number of imidazole rings is 1. The van der Waals surface area contributed by atoms with Gasteiger partial charge in [0.05, 0.1) is 17.6 Å². The molecule has 2 heterocycles. The highest BCUT2D eigenvalue weighted by Gasteiger charge is 2.19. The Kier molecular flexibility index (Phi) is 3.72. The fourth-order valence-electron chi connectivity index (χ4n) is 2.97. The Balaban J connectivity index is 2.03. The third-order valence-electron chi connectivity index (χ3n) is 4.07. The number of nitrogens with two attached hydrogens (primary N) is 1. The second kappa shape index (κ2) is 5.50. The lowest BCUT2D eigenvalue weighted by Crippen LogP contribution is -2.24. The van der Waals surface area contributed by atoms with E-state index in [1.165, 1.54) is 25.0 Å². The topological polar surface area (TPSA) is 47.1 Å². The summed E-state index contributed by atoms with van der Waals surface area (Å²) in [6.45, 7) is 5.69. The molecule has 3 rings (SSSR count). The minimum Gasteiger partial charge on any atom is -0.328 e. The van der Waals surface area contributed by atoms with Crippen LogP contribution in [0.5, 0.6) is 0 Å². The van der Waals surface area contributed by atoms with Crippen molar-refractivity contribution in [3.63, 3.8) is 0 Å². The minimum atomic E-state index is -0.240. The molecule has 2 aromatic rings. The number of aromatic nitrogens is 2. The Labute approximate surface area is 118 Å². The van der Waals surface area contributed by atoms with Crippen molar-refractivity contribution in [2.75, 3.05) is 19.6 Å². The van der Waals surface area contributed by atoms with Gasteiger partial charge in [-0.05, 0) is 45.0 Å². The first-order chi connectivity index (χ1) is 9.69. The molecule has 1 aliphatic rings. The average Bonchev–Trinajstić information content (AvgIpc) is 3.05. The molecule has 0 saturated carbocycles. The lowest BCUT2D eigenvalue weighted by molar-refractivity contribution is 0.313. The van der Waals surface area contributed by atoms with Crippen molar-refractivity contribution < 1.29 is 4.39 Å². The van der Waals surface area contributed by atoms with E-state index in [0.717, 1.165) is 36.5 Å². The molecule has 1 atom stereocenters. The Morgan fingerprint density at radius 1 is 1.35 bits per heavy atom. The molecule has 108 valence electrons. The van der Waals surface area contributed by atoms with Gasteiger partial charge in [0.15, 0.2) is 0 Å². The molecule has 0 radical (unpaired) electrons. The van der Waals surface area contributed by atoms with Crippen molar-refractivity contribution in [1.29, 1.82) is 0 Å². The highest BCUT2D eigenvalue weighted by Crippen LogP contribution is 2.23. The number of hydrogen-bond donors (Lipinski definition) is 1. The molecule has 4 nitrogen and oxygen atoms in total. The molecule has 0 amide bonds. The maximum Gasteiger partial charge on any atom is 0.125 e. The van der Waals surface area contributed by atoms with Gasteiger partial charge in [-0.25, -0.2) is 9.37 Å². The van der Waals surface area contributed by atoms with Crippen molar-refractivity contribution in [3.8, 4) is 0 Å². The average molecular weight is 276 g/mol. The van der Waals surface area contributed by atoms with Gasteiger partial charge in [0, 0.05) is 18.7 Å². The van der Waals surface area contributed by atoms with Crippen LogP contribution < -0.4 is 5.73 Å². The van der Waals surface area contributed by atoms with E-state index < -0.39 is 0 Å². The van der Waals surface area contributed by atoms with Crippen LogP contribution in [0.4, 0.5) is 4.39 Å². The molecule has 20 heavy (non-hydrogen) atoms. The molecule has 1 unspecified atom stereocenters. The Hall–Kier alpha value is -1.46. The predicted molar refractivity (Wildman–Crippen MR) is 78.0 cm³/mol. The summed E-state index contributed by atoms with van der Waals surface area (Å²) < 4.78 is 15.5. The molecule has 1 aromatic carbocycles. The van der Waals surface area contributed by atoms with Gasteiger partial charge in [0.2, 0.25) is 0 Å². The number of fused-ring (bicyclic) bond motifs is 1. The standard InChI is InChI=1S/C15H21FN4/c1-11(9-17)20-14-5-4-12(16)8-13(14)18-15(20)10-19-6-2-3-7-19/h4-5,8,11H,2-3,6-7,9-10,17H2,1H3. The Morgan fingerprint density at radius 3 is 2.80 bits per heavy atom. The zero-order valence-corrected chi connectivity index (χ0v) is 11.8. The van der Waals surface area contributed by atoms with Crippen LogP contribution in [0.1, 0.15) is 31.6 Å². The largest absolute Gasteiger partial charge is 0.328 e. The van der Waals surface area contributed by atoms with E-state index in [4.69, 9.17) is 5.73 Å². The van der Waals surface area contributed by atoms with Crippen LogP contribution in [0.2, 0.25) is 0 Å². The summed E-state index contributed by atoms with van der Waals surface area (Å²) in [5, 5.41) is 0. The molecular weight excluding hydrogens is 255 g/mol. The Bertz CT molecular complexity index is 601. The van der Waals surface area contributed by atoms with Gasteiger partial charge in [0.1, 0.15) is 11.6 Å². The SMILES string of the molecule is CC(CN)n1c(CN2CCCC2)nc2cc(F)ccc21. The predicted octanol–water partition coefficient (Wildman–Crippen LogP) is 2.29. The molecule has 0 spiro atoms. The minimum absolute atomic E-state index is 0.170. The summed E-state index contributed by atoms with van der Waals surface area (Å²) in [6.07, 6.45) is 2.50. The van der Waals surface area contributed by atoms with Gasteiger partial charge >= 0.3 is 0 Å². The number of rotatable bonds is 4. The molecule has 1 aromatic heterocycles. The van der Waals surface area contributed by atoms with Crippen molar-refractivity contribution in [1.82, 2.24) is 14.5 Å². The van der Waals surface area contributed by atoms with Gasteiger partial charge < -0.3 is 10.3 Å². The number of hydrogen-bond acceptors (Lipinski definition) is 3. The number of likely N-dealkylation sites (tertiary alicyclic amines) is 1. The molecule has 5 heteroatoms. The van der Waals surface area contributed by atoms with Crippen molar-refractivity contribution in [2.45, 2.75) is 32.4 Å². The fraction of sp³-hybridized carbons (Fsp3) is 0.533. The van der Waals surface area contributed by atoms with Crippen LogP contribution in [-0.4, -0.2) is 34.1 Å². The van der Waals surface area contributed by atoms with E-state index in [0.29, 0.717) is 6.54 Å². The van der Waals surface area contributed by atoms with Crippen LogP contribution >= 0.6 is 0 Å². The zero-order chi connectivity index (χ0) is 14.1. The van der Waals surface area contributed by atoms with Gasteiger partial charge in [0.25, 0.3) is 0 Å². The number of halogens is 1. The first-order valence-corrected chi connectivity index (χ1v) is 7.28. The fourth-order valence-corrected chi connectivity index (χ4v) is 2.97. The van der Waals surface area contributed by atoms with Gasteiger partial charge in [-0.15, -0.1) is 0 Å². The lowest BCUT2D eigenvalue weighted by atomic mass is 10.2.